The highest BCUT2D eigenvalue weighted by Crippen LogP contribution is 2.30. The fourth-order valence-corrected chi connectivity index (χ4v) is 4.09. The van der Waals surface area contributed by atoms with Gasteiger partial charge in [-0.15, -0.1) is 0 Å². The molecule has 0 N–H and O–H groups in total. The van der Waals surface area contributed by atoms with Crippen molar-refractivity contribution < 1.29 is 9.47 Å². The summed E-state index contributed by atoms with van der Waals surface area (Å²) in [4.78, 5) is 11.8. The number of para-hydroxylation sites is 2. The van der Waals surface area contributed by atoms with Crippen LogP contribution in [0.5, 0.6) is 5.75 Å². The first-order valence-corrected chi connectivity index (χ1v) is 10.9. The Balaban J connectivity index is 1.51. The van der Waals surface area contributed by atoms with Crippen molar-refractivity contribution in [1.29, 1.82) is 0 Å². The molecule has 3 aromatic rings. The molecule has 1 aliphatic heterocycles. The van der Waals surface area contributed by atoms with E-state index in [2.05, 4.69) is 27.4 Å². The zero-order valence-electron chi connectivity index (χ0n) is 16.4. The minimum atomic E-state index is 0.696. The van der Waals surface area contributed by atoms with Crippen LogP contribution in [-0.2, 0) is 4.74 Å². The quantitative estimate of drug-likeness (QED) is 0.448. The predicted octanol–water partition coefficient (Wildman–Crippen LogP) is 3.55. The standard InChI is InChI=1S/C21H26N4O2S/c1-16-19(27-13-5-10-24-11-14-26-15-12-24)8-9-22-20(16)25-18-7-4-3-6-17(18)23-21(25)28-2/h3-4,6-9H,5,10-15H2,1-2H3. The molecule has 2 aromatic heterocycles. The van der Waals surface area contributed by atoms with E-state index >= 15 is 0 Å². The molecule has 0 unspecified atom stereocenters. The molecule has 0 saturated carbocycles. The Bertz CT molecular complexity index is 937. The molecule has 0 aliphatic carbocycles. The van der Waals surface area contributed by atoms with Crippen LogP contribution >= 0.6 is 11.8 Å². The molecule has 0 amide bonds. The lowest BCUT2D eigenvalue weighted by Crippen LogP contribution is -2.37. The van der Waals surface area contributed by atoms with Crippen molar-refractivity contribution in [2.45, 2.75) is 18.5 Å². The number of fused-ring (bicyclic) bond motifs is 1. The topological polar surface area (TPSA) is 52.4 Å². The number of morpholine rings is 1. The van der Waals surface area contributed by atoms with Gasteiger partial charge in [-0.1, -0.05) is 23.9 Å². The number of rotatable bonds is 7. The fourth-order valence-electron chi connectivity index (χ4n) is 3.53. The first kappa shape index (κ1) is 19.2. The van der Waals surface area contributed by atoms with Crippen molar-refractivity contribution in [3.8, 4) is 11.6 Å². The molecule has 7 heteroatoms. The van der Waals surface area contributed by atoms with Gasteiger partial charge in [0.15, 0.2) is 5.16 Å². The smallest absolute Gasteiger partial charge is 0.174 e. The number of aromatic nitrogens is 3. The van der Waals surface area contributed by atoms with E-state index in [1.807, 2.05) is 36.7 Å². The van der Waals surface area contributed by atoms with Crippen molar-refractivity contribution in [3.63, 3.8) is 0 Å². The maximum absolute atomic E-state index is 6.11. The molecule has 1 fully saturated rings. The maximum atomic E-state index is 6.11. The molecule has 1 aliphatic rings. The van der Waals surface area contributed by atoms with Crippen molar-refractivity contribution in [3.05, 3.63) is 42.1 Å². The third-order valence-electron chi connectivity index (χ3n) is 5.03. The summed E-state index contributed by atoms with van der Waals surface area (Å²) in [6, 6.07) is 10.1. The lowest BCUT2D eigenvalue weighted by Gasteiger charge is -2.26. The number of nitrogens with zero attached hydrogens (tertiary/aromatic N) is 4. The van der Waals surface area contributed by atoms with Gasteiger partial charge >= 0.3 is 0 Å². The summed E-state index contributed by atoms with van der Waals surface area (Å²) < 4.78 is 13.6. The van der Waals surface area contributed by atoms with E-state index in [-0.39, 0.29) is 0 Å². The average Bonchev–Trinajstić information content (AvgIpc) is 3.11. The second kappa shape index (κ2) is 8.94. The molecule has 3 heterocycles. The Morgan fingerprint density at radius 3 is 2.82 bits per heavy atom. The SMILES string of the molecule is CSc1nc2ccccc2n1-c1nccc(OCCCN2CCOCC2)c1C. The second-order valence-electron chi connectivity index (χ2n) is 6.84. The molecule has 1 saturated heterocycles. The van der Waals surface area contributed by atoms with Crippen LogP contribution in [0.3, 0.4) is 0 Å². The van der Waals surface area contributed by atoms with Crippen LogP contribution in [0.1, 0.15) is 12.0 Å². The highest BCUT2D eigenvalue weighted by atomic mass is 32.2. The van der Waals surface area contributed by atoms with E-state index in [9.17, 15) is 0 Å². The summed E-state index contributed by atoms with van der Waals surface area (Å²) in [6.07, 6.45) is 4.86. The highest BCUT2D eigenvalue weighted by Gasteiger charge is 2.16. The summed E-state index contributed by atoms with van der Waals surface area (Å²) in [5, 5.41) is 0.932. The zero-order valence-corrected chi connectivity index (χ0v) is 17.2. The lowest BCUT2D eigenvalue weighted by atomic mass is 10.2. The van der Waals surface area contributed by atoms with Crippen molar-refractivity contribution in [1.82, 2.24) is 19.4 Å². The third-order valence-corrected chi connectivity index (χ3v) is 5.67. The monoisotopic (exact) mass is 398 g/mol. The van der Waals surface area contributed by atoms with Crippen LogP contribution in [0.4, 0.5) is 0 Å². The molecule has 148 valence electrons. The molecular formula is C21H26N4O2S. The number of thioether (sulfide) groups is 1. The van der Waals surface area contributed by atoms with Gasteiger partial charge in [0, 0.05) is 31.4 Å². The molecular weight excluding hydrogens is 372 g/mol. The second-order valence-corrected chi connectivity index (χ2v) is 7.61. The molecule has 28 heavy (non-hydrogen) atoms. The molecule has 0 radical (unpaired) electrons. The number of imidazole rings is 1. The Kier molecular flexibility index (Phi) is 6.14. The highest BCUT2D eigenvalue weighted by molar-refractivity contribution is 7.98. The average molecular weight is 399 g/mol. The Morgan fingerprint density at radius 1 is 1.18 bits per heavy atom. The fraction of sp³-hybridized carbons (Fsp3) is 0.429. The zero-order chi connectivity index (χ0) is 19.3. The van der Waals surface area contributed by atoms with E-state index in [1.54, 1.807) is 11.8 Å². The van der Waals surface area contributed by atoms with E-state index in [0.29, 0.717) is 6.61 Å². The maximum Gasteiger partial charge on any atom is 0.174 e. The molecule has 0 spiro atoms. The van der Waals surface area contributed by atoms with Gasteiger partial charge in [-0.2, -0.15) is 0 Å². The first-order chi connectivity index (χ1) is 13.8. The molecule has 6 nitrogen and oxygen atoms in total. The van der Waals surface area contributed by atoms with Crippen LogP contribution < -0.4 is 4.74 Å². The van der Waals surface area contributed by atoms with E-state index < -0.39 is 0 Å². The van der Waals surface area contributed by atoms with Gasteiger partial charge in [0.05, 0.1) is 30.9 Å². The summed E-state index contributed by atoms with van der Waals surface area (Å²) in [7, 11) is 0. The Morgan fingerprint density at radius 2 is 2.00 bits per heavy atom. The van der Waals surface area contributed by atoms with Crippen molar-refractivity contribution >= 4 is 22.8 Å². The van der Waals surface area contributed by atoms with Crippen molar-refractivity contribution in [2.24, 2.45) is 0 Å². The first-order valence-electron chi connectivity index (χ1n) is 9.68. The number of benzene rings is 1. The normalized spacial score (nSPS) is 15.2. The molecule has 0 atom stereocenters. The number of ether oxygens (including phenoxy) is 2. The minimum absolute atomic E-state index is 0.696. The van der Waals surface area contributed by atoms with Gasteiger partial charge in [-0.3, -0.25) is 9.47 Å². The summed E-state index contributed by atoms with van der Waals surface area (Å²) in [5.74, 6) is 1.76. The van der Waals surface area contributed by atoms with Crippen LogP contribution in [0.25, 0.3) is 16.9 Å². The Hall–Kier alpha value is -2.09. The van der Waals surface area contributed by atoms with E-state index in [1.165, 1.54) is 0 Å². The van der Waals surface area contributed by atoms with Crippen LogP contribution in [0.2, 0.25) is 0 Å². The van der Waals surface area contributed by atoms with Crippen molar-refractivity contribution in [2.75, 3.05) is 45.7 Å². The van der Waals surface area contributed by atoms with Gasteiger partial charge in [0.25, 0.3) is 0 Å². The van der Waals surface area contributed by atoms with E-state index in [4.69, 9.17) is 14.5 Å². The van der Waals surface area contributed by atoms with Gasteiger partial charge in [0.2, 0.25) is 0 Å². The predicted molar refractivity (Wildman–Crippen MR) is 113 cm³/mol. The molecule has 4 rings (SSSR count). The third kappa shape index (κ3) is 4.01. The van der Waals surface area contributed by atoms with Gasteiger partial charge < -0.3 is 9.47 Å². The summed E-state index contributed by atoms with van der Waals surface area (Å²) >= 11 is 1.62. The van der Waals surface area contributed by atoms with Crippen LogP contribution in [-0.4, -0.2) is 65.1 Å². The molecule has 0 bridgehead atoms. The van der Waals surface area contributed by atoms with Crippen LogP contribution in [0, 0.1) is 6.92 Å². The summed E-state index contributed by atoms with van der Waals surface area (Å²) in [6.45, 7) is 7.52. The van der Waals surface area contributed by atoms with Gasteiger partial charge in [-0.05, 0) is 37.8 Å². The lowest BCUT2D eigenvalue weighted by molar-refractivity contribution is 0.0358. The summed E-state index contributed by atoms with van der Waals surface area (Å²) in [5.41, 5.74) is 3.07. The largest absolute Gasteiger partial charge is 0.493 e. The number of hydrogen-bond donors (Lipinski definition) is 0. The van der Waals surface area contributed by atoms with Crippen LogP contribution in [0.15, 0.2) is 41.7 Å². The van der Waals surface area contributed by atoms with Gasteiger partial charge in [-0.25, -0.2) is 9.97 Å². The minimum Gasteiger partial charge on any atom is -0.493 e. The van der Waals surface area contributed by atoms with E-state index in [0.717, 1.165) is 72.6 Å². The molecule has 1 aromatic carbocycles. The Labute approximate surface area is 169 Å². The number of pyridine rings is 1. The number of hydrogen-bond acceptors (Lipinski definition) is 6. The van der Waals surface area contributed by atoms with Gasteiger partial charge in [0.1, 0.15) is 11.6 Å².